The van der Waals surface area contributed by atoms with Gasteiger partial charge in [0.1, 0.15) is 6.04 Å². The first-order valence-corrected chi connectivity index (χ1v) is 7.64. The number of hydrazine groups is 1. The summed E-state index contributed by atoms with van der Waals surface area (Å²) < 4.78 is 0. The molecule has 0 aromatic heterocycles. The lowest BCUT2D eigenvalue weighted by molar-refractivity contribution is 0.0955. The Morgan fingerprint density at radius 3 is 2.09 bits per heavy atom. The maximum absolute atomic E-state index is 13.1. The summed E-state index contributed by atoms with van der Waals surface area (Å²) in [5, 5.41) is 1.94. The number of para-hydroxylation sites is 2. The average Bonchev–Trinajstić information content (AvgIpc) is 2.63. The van der Waals surface area contributed by atoms with E-state index >= 15 is 0 Å². The Hall–Kier alpha value is -3.07. The number of anilines is 2. The summed E-state index contributed by atoms with van der Waals surface area (Å²) >= 11 is 0. The van der Waals surface area contributed by atoms with E-state index in [2.05, 4.69) is 5.43 Å². The first kappa shape index (κ1) is 13.6. The van der Waals surface area contributed by atoms with Crippen LogP contribution in [0, 0.1) is 0 Å². The quantitative estimate of drug-likeness (QED) is 0.758. The molecule has 23 heavy (non-hydrogen) atoms. The monoisotopic (exact) mass is 300 g/mol. The molecule has 1 heterocycles. The molecule has 0 saturated heterocycles. The van der Waals surface area contributed by atoms with Crippen molar-refractivity contribution in [2.45, 2.75) is 6.04 Å². The number of Topliss-reactive ketones (excluding diaryl/α,β-unsaturated/α-hetero) is 1. The van der Waals surface area contributed by atoms with Crippen molar-refractivity contribution in [3.05, 3.63) is 96.1 Å². The normalized spacial score (nSPS) is 16.6. The van der Waals surface area contributed by atoms with Crippen LogP contribution in [0.3, 0.4) is 0 Å². The predicted octanol–water partition coefficient (Wildman–Crippen LogP) is 4.46. The number of nitrogens with one attached hydrogen (secondary N) is 1. The zero-order valence-electron chi connectivity index (χ0n) is 12.5. The van der Waals surface area contributed by atoms with Gasteiger partial charge in [0.05, 0.1) is 11.4 Å². The van der Waals surface area contributed by atoms with E-state index in [1.54, 1.807) is 0 Å². The van der Waals surface area contributed by atoms with Crippen molar-refractivity contribution in [2.24, 2.45) is 0 Å². The number of rotatable bonds is 2. The molecule has 0 fully saturated rings. The fourth-order valence-electron chi connectivity index (χ4n) is 2.99. The van der Waals surface area contributed by atoms with Crippen LogP contribution in [0.1, 0.15) is 22.0 Å². The Labute approximate surface area is 135 Å². The van der Waals surface area contributed by atoms with Crippen LogP contribution in [0.25, 0.3) is 0 Å². The highest BCUT2D eigenvalue weighted by Crippen LogP contribution is 2.36. The maximum Gasteiger partial charge on any atom is 0.193 e. The Balaban J connectivity index is 1.87. The van der Waals surface area contributed by atoms with E-state index in [4.69, 9.17) is 0 Å². The van der Waals surface area contributed by atoms with Crippen molar-refractivity contribution >= 4 is 17.2 Å². The van der Waals surface area contributed by atoms with Crippen LogP contribution in [-0.4, -0.2) is 5.78 Å². The Kier molecular flexibility index (Phi) is 3.31. The molecule has 0 spiro atoms. The molecule has 4 rings (SSSR count). The van der Waals surface area contributed by atoms with Crippen LogP contribution < -0.4 is 10.4 Å². The molecular formula is C20H16N2O. The minimum Gasteiger partial charge on any atom is -0.297 e. The molecule has 1 N–H and O–H groups in total. The second-order valence-corrected chi connectivity index (χ2v) is 5.54. The van der Waals surface area contributed by atoms with Crippen molar-refractivity contribution in [1.82, 2.24) is 0 Å². The standard InChI is InChI=1S/C20H16N2O/c23-20-17-13-7-8-14-18(17)21-22(16-11-5-2-6-12-16)19(20)15-9-3-1-4-10-15/h1-14,19,21H. The molecule has 0 bridgehead atoms. The van der Waals surface area contributed by atoms with E-state index in [1.807, 2.05) is 89.9 Å². The Bertz CT molecular complexity index is 831. The van der Waals surface area contributed by atoms with Gasteiger partial charge >= 0.3 is 0 Å². The largest absolute Gasteiger partial charge is 0.297 e. The fraction of sp³-hybridized carbons (Fsp3) is 0.0500. The molecule has 0 amide bonds. The van der Waals surface area contributed by atoms with Crippen molar-refractivity contribution in [3.8, 4) is 0 Å². The van der Waals surface area contributed by atoms with Crippen LogP contribution in [0.2, 0.25) is 0 Å². The number of carbonyl (C=O) groups excluding carboxylic acids is 1. The van der Waals surface area contributed by atoms with Crippen LogP contribution in [0.5, 0.6) is 0 Å². The summed E-state index contributed by atoms with van der Waals surface area (Å²) in [7, 11) is 0. The summed E-state index contributed by atoms with van der Waals surface area (Å²) in [5.74, 6) is 0.106. The molecule has 3 heteroatoms. The zero-order chi connectivity index (χ0) is 15.6. The maximum atomic E-state index is 13.1. The van der Waals surface area contributed by atoms with Gasteiger partial charge in [-0.2, -0.15) is 0 Å². The van der Waals surface area contributed by atoms with E-state index in [0.717, 1.165) is 22.5 Å². The van der Waals surface area contributed by atoms with Gasteiger partial charge in [-0.25, -0.2) is 0 Å². The molecule has 3 aromatic carbocycles. The van der Waals surface area contributed by atoms with Gasteiger partial charge in [0.2, 0.25) is 0 Å². The summed E-state index contributed by atoms with van der Waals surface area (Å²) in [6, 6.07) is 27.1. The molecule has 0 saturated carbocycles. The molecule has 1 unspecified atom stereocenters. The lowest BCUT2D eigenvalue weighted by Crippen LogP contribution is -2.43. The lowest BCUT2D eigenvalue weighted by Gasteiger charge is -2.38. The van der Waals surface area contributed by atoms with E-state index in [-0.39, 0.29) is 11.8 Å². The van der Waals surface area contributed by atoms with Crippen molar-refractivity contribution in [3.63, 3.8) is 0 Å². The first-order chi connectivity index (χ1) is 11.3. The van der Waals surface area contributed by atoms with Crippen molar-refractivity contribution < 1.29 is 4.79 Å². The van der Waals surface area contributed by atoms with Crippen LogP contribution >= 0.6 is 0 Å². The van der Waals surface area contributed by atoms with Crippen molar-refractivity contribution in [1.29, 1.82) is 0 Å². The van der Waals surface area contributed by atoms with E-state index in [1.165, 1.54) is 0 Å². The molecule has 3 nitrogen and oxygen atoms in total. The molecular weight excluding hydrogens is 284 g/mol. The predicted molar refractivity (Wildman–Crippen MR) is 92.5 cm³/mol. The molecule has 1 aliphatic heterocycles. The third-order valence-corrected chi connectivity index (χ3v) is 4.09. The minimum absolute atomic E-state index is 0.106. The summed E-state index contributed by atoms with van der Waals surface area (Å²) in [6.45, 7) is 0. The molecule has 0 radical (unpaired) electrons. The topological polar surface area (TPSA) is 32.3 Å². The third kappa shape index (κ3) is 2.36. The van der Waals surface area contributed by atoms with Gasteiger partial charge < -0.3 is 0 Å². The number of fused-ring (bicyclic) bond motifs is 1. The van der Waals surface area contributed by atoms with Gasteiger partial charge in [0.15, 0.2) is 5.78 Å². The highest BCUT2D eigenvalue weighted by molar-refractivity contribution is 6.09. The second-order valence-electron chi connectivity index (χ2n) is 5.54. The molecule has 3 aromatic rings. The van der Waals surface area contributed by atoms with Gasteiger partial charge in [-0.1, -0.05) is 60.7 Å². The van der Waals surface area contributed by atoms with E-state index in [9.17, 15) is 4.79 Å². The van der Waals surface area contributed by atoms with Crippen LogP contribution in [0.15, 0.2) is 84.9 Å². The fourth-order valence-corrected chi connectivity index (χ4v) is 2.99. The Morgan fingerprint density at radius 1 is 0.739 bits per heavy atom. The number of carbonyl (C=O) groups is 1. The second kappa shape index (κ2) is 5.61. The zero-order valence-corrected chi connectivity index (χ0v) is 12.5. The molecule has 0 aliphatic carbocycles. The minimum atomic E-state index is -0.381. The SMILES string of the molecule is O=C1c2ccccc2NN(c2ccccc2)C1c1ccccc1. The van der Waals surface area contributed by atoms with Gasteiger partial charge in [0.25, 0.3) is 0 Å². The van der Waals surface area contributed by atoms with Crippen LogP contribution in [-0.2, 0) is 0 Å². The molecule has 1 atom stereocenters. The van der Waals surface area contributed by atoms with Gasteiger partial charge in [-0.3, -0.25) is 15.2 Å². The summed E-state index contributed by atoms with van der Waals surface area (Å²) in [4.78, 5) is 13.1. The van der Waals surface area contributed by atoms with E-state index in [0.29, 0.717) is 0 Å². The molecule has 112 valence electrons. The van der Waals surface area contributed by atoms with Gasteiger partial charge in [0, 0.05) is 5.56 Å². The Morgan fingerprint density at radius 2 is 1.35 bits per heavy atom. The smallest absolute Gasteiger partial charge is 0.193 e. The van der Waals surface area contributed by atoms with E-state index < -0.39 is 0 Å². The number of hydrogen-bond acceptors (Lipinski definition) is 3. The summed E-state index contributed by atoms with van der Waals surface area (Å²) in [5.41, 5.74) is 6.91. The van der Waals surface area contributed by atoms with Crippen molar-refractivity contribution in [2.75, 3.05) is 10.4 Å². The third-order valence-electron chi connectivity index (χ3n) is 4.09. The van der Waals surface area contributed by atoms with Gasteiger partial charge in [-0.05, 0) is 29.8 Å². The summed E-state index contributed by atoms with van der Waals surface area (Å²) in [6.07, 6.45) is 0. The highest BCUT2D eigenvalue weighted by Gasteiger charge is 2.34. The first-order valence-electron chi connectivity index (χ1n) is 7.64. The van der Waals surface area contributed by atoms with Gasteiger partial charge in [-0.15, -0.1) is 0 Å². The van der Waals surface area contributed by atoms with Crippen LogP contribution in [0.4, 0.5) is 11.4 Å². The highest BCUT2D eigenvalue weighted by atomic mass is 16.1. The average molecular weight is 300 g/mol. The number of hydrogen-bond donors (Lipinski definition) is 1. The molecule has 1 aliphatic rings. The lowest BCUT2D eigenvalue weighted by atomic mass is 9.93. The number of nitrogens with zero attached hydrogens (tertiary/aromatic N) is 1. The number of ketones is 1. The number of benzene rings is 3.